The summed E-state index contributed by atoms with van der Waals surface area (Å²) in [7, 11) is 0. The lowest BCUT2D eigenvalue weighted by molar-refractivity contribution is -0.929. The van der Waals surface area contributed by atoms with Gasteiger partial charge in [0.05, 0.1) is 26.2 Å². The molecule has 0 fully saturated rings. The van der Waals surface area contributed by atoms with Crippen molar-refractivity contribution in [2.75, 3.05) is 32.8 Å². The zero-order valence-corrected chi connectivity index (χ0v) is 21.8. The Morgan fingerprint density at radius 3 is 1.74 bits per heavy atom. The Morgan fingerprint density at radius 2 is 1.35 bits per heavy atom. The third-order valence-corrected chi connectivity index (χ3v) is 6.18. The van der Waals surface area contributed by atoms with E-state index in [1.807, 2.05) is 6.07 Å². The van der Waals surface area contributed by atoms with E-state index in [0.29, 0.717) is 0 Å². The van der Waals surface area contributed by atoms with E-state index in [1.54, 1.807) is 24.3 Å². The van der Waals surface area contributed by atoms with E-state index in [9.17, 15) is 14.7 Å². The second-order valence-electron chi connectivity index (χ2n) is 9.09. The molecule has 0 amide bonds. The van der Waals surface area contributed by atoms with Crippen LogP contribution in [0.5, 0.6) is 0 Å². The summed E-state index contributed by atoms with van der Waals surface area (Å²) in [4.78, 5) is 22.5. The lowest BCUT2D eigenvalue weighted by atomic mass is 10.1. The predicted molar refractivity (Wildman–Crippen MR) is 134 cm³/mol. The minimum absolute atomic E-state index is 0.0176. The Kier molecular flexibility index (Phi) is 15.0. The van der Waals surface area contributed by atoms with Gasteiger partial charge >= 0.3 is 11.9 Å². The molecule has 0 bridgehead atoms. The van der Waals surface area contributed by atoms with E-state index in [-0.39, 0.29) is 13.2 Å². The molecule has 34 heavy (non-hydrogen) atoms. The van der Waals surface area contributed by atoms with Crippen molar-refractivity contribution in [1.29, 1.82) is 0 Å². The van der Waals surface area contributed by atoms with Gasteiger partial charge in [0.25, 0.3) is 0 Å². The van der Waals surface area contributed by atoms with Crippen LogP contribution in [0.2, 0.25) is 0 Å². The number of cyclic esters (lactones) is 1. The van der Waals surface area contributed by atoms with Gasteiger partial charge < -0.3 is 19.1 Å². The van der Waals surface area contributed by atoms with Gasteiger partial charge in [-0.15, -0.1) is 0 Å². The first-order chi connectivity index (χ1) is 16.4. The molecule has 192 valence electrons. The first-order valence-corrected chi connectivity index (χ1v) is 13.1. The summed E-state index contributed by atoms with van der Waals surface area (Å²) in [6.07, 6.45) is 11.1. The summed E-state index contributed by atoms with van der Waals surface area (Å²) in [6.45, 7) is 14.7. The van der Waals surface area contributed by atoms with Gasteiger partial charge in [-0.1, -0.05) is 89.5 Å². The van der Waals surface area contributed by atoms with Crippen molar-refractivity contribution in [1.82, 2.24) is 0 Å². The molecule has 1 aliphatic heterocycles. The molecule has 0 saturated heterocycles. The Balaban J connectivity index is 0.000000340. The number of hydrogen-bond donors (Lipinski definition) is 0. The number of quaternary nitrogens is 1. The minimum Gasteiger partial charge on any atom is -0.872 e. The van der Waals surface area contributed by atoms with Gasteiger partial charge in [-0.3, -0.25) is 0 Å². The van der Waals surface area contributed by atoms with Crippen LogP contribution < -0.4 is 5.11 Å². The molecule has 0 saturated carbocycles. The molecule has 0 aromatic heterocycles. The van der Waals surface area contributed by atoms with Crippen LogP contribution in [-0.2, 0) is 25.7 Å². The highest BCUT2D eigenvalue weighted by Crippen LogP contribution is 2.17. The molecule has 2 rings (SSSR count). The number of ether oxygens (including phenoxy) is 2. The number of hydrogen-bond acceptors (Lipinski definition) is 5. The molecule has 1 aromatic rings. The van der Waals surface area contributed by atoms with Crippen LogP contribution >= 0.6 is 0 Å². The Morgan fingerprint density at radius 1 is 0.882 bits per heavy atom. The summed E-state index contributed by atoms with van der Waals surface area (Å²) in [5, 5.41) is 11.2. The number of unbranched alkanes of at least 4 members (excludes halogenated alkanes) is 4. The van der Waals surface area contributed by atoms with Gasteiger partial charge in [0.1, 0.15) is 18.8 Å². The fraction of sp³-hybridized carbons (Fsp3) is 0.643. The van der Waals surface area contributed by atoms with Gasteiger partial charge in [0.15, 0.2) is 0 Å². The maximum Gasteiger partial charge on any atom is 0.345 e. The third-order valence-electron chi connectivity index (χ3n) is 6.18. The van der Waals surface area contributed by atoms with Gasteiger partial charge in [-0.2, -0.15) is 0 Å². The lowest BCUT2D eigenvalue weighted by Gasteiger charge is -2.39. The first-order valence-electron chi connectivity index (χ1n) is 13.1. The topological polar surface area (TPSA) is 75.7 Å². The maximum atomic E-state index is 11.5. The zero-order chi connectivity index (χ0) is 25.2. The fourth-order valence-corrected chi connectivity index (χ4v) is 4.03. The van der Waals surface area contributed by atoms with Crippen LogP contribution in [0.4, 0.5) is 0 Å². The maximum absolute atomic E-state index is 11.5. The molecule has 0 aliphatic carbocycles. The van der Waals surface area contributed by atoms with E-state index in [1.165, 1.54) is 82.0 Å². The first kappa shape index (κ1) is 29.7. The molecule has 1 heterocycles. The van der Waals surface area contributed by atoms with Crippen LogP contribution in [0.15, 0.2) is 41.7 Å². The van der Waals surface area contributed by atoms with Crippen LogP contribution in [-0.4, -0.2) is 49.2 Å². The number of esters is 2. The van der Waals surface area contributed by atoms with E-state index < -0.39 is 23.3 Å². The average Bonchev–Trinajstić information content (AvgIpc) is 3.20. The van der Waals surface area contributed by atoms with Crippen molar-refractivity contribution in [3.8, 4) is 0 Å². The number of rotatable bonds is 15. The summed E-state index contributed by atoms with van der Waals surface area (Å²) in [6, 6.07) is 8.97. The minimum atomic E-state index is -0.929. The standard InChI is InChI=1S/C16H36N.C12H10O5/c1-5-9-13-17(14-10-6-2,15-11-7-3)16-12-8-4;13-9-7-17-12(15)10(9)11(14)16-6-8-4-2-1-3-5-8/h5-16H2,1-4H3;1-5,13H,6-7H2/q+1;/p-1. The zero-order valence-electron chi connectivity index (χ0n) is 21.8. The van der Waals surface area contributed by atoms with Crippen LogP contribution in [0, 0.1) is 0 Å². The summed E-state index contributed by atoms with van der Waals surface area (Å²) in [5.74, 6) is -2.47. The fourth-order valence-electron chi connectivity index (χ4n) is 4.03. The number of carbonyl (C=O) groups is 2. The van der Waals surface area contributed by atoms with Gasteiger partial charge in [-0.25, -0.2) is 9.59 Å². The highest BCUT2D eigenvalue weighted by molar-refractivity contribution is 6.15. The highest BCUT2D eigenvalue weighted by Gasteiger charge is 2.27. The molecular formula is C28H45NO5. The summed E-state index contributed by atoms with van der Waals surface area (Å²) in [5.41, 5.74) is 0.251. The summed E-state index contributed by atoms with van der Waals surface area (Å²) >= 11 is 0. The molecule has 0 unspecified atom stereocenters. The van der Waals surface area contributed by atoms with Crippen LogP contribution in [0.1, 0.15) is 84.6 Å². The largest absolute Gasteiger partial charge is 0.872 e. The van der Waals surface area contributed by atoms with Crippen molar-refractivity contribution in [2.45, 2.75) is 85.7 Å². The molecule has 6 heteroatoms. The van der Waals surface area contributed by atoms with Crippen molar-refractivity contribution >= 4 is 11.9 Å². The normalized spacial score (nSPS) is 13.4. The van der Waals surface area contributed by atoms with Crippen LogP contribution in [0.25, 0.3) is 0 Å². The lowest BCUT2D eigenvalue weighted by Crippen LogP contribution is -2.50. The molecular weight excluding hydrogens is 430 g/mol. The Hall–Kier alpha value is -2.34. The quantitative estimate of drug-likeness (QED) is 0.205. The number of benzene rings is 1. The van der Waals surface area contributed by atoms with Crippen molar-refractivity contribution in [2.24, 2.45) is 0 Å². The van der Waals surface area contributed by atoms with Crippen molar-refractivity contribution in [3.63, 3.8) is 0 Å². The number of carbonyl (C=O) groups excluding carboxylic acids is 2. The van der Waals surface area contributed by atoms with E-state index >= 15 is 0 Å². The third kappa shape index (κ3) is 10.7. The van der Waals surface area contributed by atoms with Crippen molar-refractivity contribution in [3.05, 3.63) is 47.2 Å². The molecule has 1 aromatic carbocycles. The van der Waals surface area contributed by atoms with Crippen molar-refractivity contribution < 1.29 is 28.7 Å². The highest BCUT2D eigenvalue weighted by atomic mass is 16.6. The predicted octanol–water partition coefficient (Wildman–Crippen LogP) is 4.90. The van der Waals surface area contributed by atoms with Gasteiger partial charge in [-0.05, 0) is 31.2 Å². The molecule has 0 spiro atoms. The molecule has 0 N–H and O–H groups in total. The summed E-state index contributed by atoms with van der Waals surface area (Å²) < 4.78 is 10.7. The smallest absolute Gasteiger partial charge is 0.345 e. The SMILES string of the molecule is CCCC[N+](CCCC)(CCCC)CCCC.O=C1OCC([O-])=C1C(=O)OCc1ccccc1. The van der Waals surface area contributed by atoms with E-state index in [0.717, 1.165) is 5.56 Å². The molecule has 1 aliphatic rings. The molecule has 6 nitrogen and oxygen atoms in total. The number of nitrogens with zero attached hydrogens (tertiary/aromatic N) is 1. The Labute approximate surface area is 206 Å². The molecule has 0 atom stereocenters. The van der Waals surface area contributed by atoms with Crippen LogP contribution in [0.3, 0.4) is 0 Å². The second-order valence-corrected chi connectivity index (χ2v) is 9.09. The molecule has 0 radical (unpaired) electrons. The van der Waals surface area contributed by atoms with Gasteiger partial charge in [0.2, 0.25) is 0 Å². The second kappa shape index (κ2) is 17.1. The Bertz CT molecular complexity index is 707. The van der Waals surface area contributed by atoms with E-state index in [4.69, 9.17) is 4.74 Å². The van der Waals surface area contributed by atoms with Gasteiger partial charge in [0, 0.05) is 0 Å². The monoisotopic (exact) mass is 475 g/mol. The van der Waals surface area contributed by atoms with E-state index in [2.05, 4.69) is 32.4 Å². The average molecular weight is 476 g/mol.